The number of nitrogens with one attached hydrogen (secondary N) is 1. The molecule has 0 spiro atoms. The van der Waals surface area contributed by atoms with Gasteiger partial charge in [-0.3, -0.25) is 4.79 Å². The molecule has 1 unspecified atom stereocenters. The van der Waals surface area contributed by atoms with E-state index in [0.717, 1.165) is 43.5 Å². The van der Waals surface area contributed by atoms with Gasteiger partial charge in [-0.2, -0.15) is 0 Å². The highest BCUT2D eigenvalue weighted by molar-refractivity contribution is 5.84. The lowest BCUT2D eigenvalue weighted by atomic mass is 9.88. The number of fused-ring (bicyclic) bond motifs is 1. The first-order valence-electron chi connectivity index (χ1n) is 6.74. The average molecular weight is 245 g/mol. The van der Waals surface area contributed by atoms with Crippen LogP contribution in [-0.2, 0) is 11.2 Å². The first-order chi connectivity index (χ1) is 8.81. The Morgan fingerprint density at radius 1 is 1.56 bits per heavy atom. The molecule has 1 saturated carbocycles. The van der Waals surface area contributed by atoms with Crippen molar-refractivity contribution in [3.63, 3.8) is 0 Å². The number of aromatic amines is 1. The Bertz CT molecular complexity index is 461. The van der Waals surface area contributed by atoms with Crippen molar-refractivity contribution in [1.82, 2.24) is 14.9 Å². The van der Waals surface area contributed by atoms with Crippen molar-refractivity contribution >= 4 is 5.91 Å². The monoisotopic (exact) mass is 245 g/mol. The lowest BCUT2D eigenvalue weighted by Crippen LogP contribution is -2.38. The molecular weight excluding hydrogens is 226 g/mol. The maximum Gasteiger partial charge on any atom is 0.232 e. The van der Waals surface area contributed by atoms with E-state index in [1.54, 1.807) is 6.33 Å². The second-order valence-electron chi connectivity index (χ2n) is 5.22. The van der Waals surface area contributed by atoms with Crippen LogP contribution in [0, 0.1) is 0 Å². The van der Waals surface area contributed by atoms with Crippen LogP contribution in [0.2, 0.25) is 0 Å². The number of carbonyl (C=O) groups excluding carboxylic acids is 1. The van der Waals surface area contributed by atoms with Gasteiger partial charge in [-0.25, -0.2) is 4.98 Å². The van der Waals surface area contributed by atoms with Crippen molar-refractivity contribution in [2.24, 2.45) is 0 Å². The van der Waals surface area contributed by atoms with E-state index in [0.29, 0.717) is 12.6 Å². The Hall–Kier alpha value is -1.58. The molecule has 0 saturated heterocycles. The summed E-state index contributed by atoms with van der Waals surface area (Å²) in [6.45, 7) is 4.42. The summed E-state index contributed by atoms with van der Waals surface area (Å²) in [5, 5.41) is 0. The Morgan fingerprint density at radius 3 is 3.11 bits per heavy atom. The highest BCUT2D eigenvalue weighted by Gasteiger charge is 2.37. The molecule has 0 radical (unpaired) electrons. The van der Waals surface area contributed by atoms with E-state index in [1.165, 1.54) is 0 Å². The second kappa shape index (κ2) is 4.59. The maximum atomic E-state index is 12.7. The Labute approximate surface area is 107 Å². The van der Waals surface area contributed by atoms with Crippen LogP contribution in [0.15, 0.2) is 19.0 Å². The van der Waals surface area contributed by atoms with Crippen LogP contribution in [0.3, 0.4) is 0 Å². The Morgan fingerprint density at radius 2 is 2.39 bits per heavy atom. The number of carbonyl (C=O) groups is 1. The van der Waals surface area contributed by atoms with Gasteiger partial charge in [0.15, 0.2) is 0 Å². The van der Waals surface area contributed by atoms with E-state index in [4.69, 9.17) is 0 Å². The normalized spacial score (nSPS) is 22.3. The standard InChI is InChI=1S/C14H19N3O/c1-2-8-17(10-6-7-10)14(18)11-4-3-5-12-13(11)16-9-15-12/h2,9-11H,1,3-8H2,(H,15,16). The molecule has 0 aromatic carbocycles. The van der Waals surface area contributed by atoms with E-state index in [2.05, 4.69) is 16.5 Å². The number of amides is 1. The summed E-state index contributed by atoms with van der Waals surface area (Å²) in [6, 6.07) is 0.444. The topological polar surface area (TPSA) is 49.0 Å². The zero-order valence-corrected chi connectivity index (χ0v) is 10.6. The van der Waals surface area contributed by atoms with E-state index in [9.17, 15) is 4.79 Å². The van der Waals surface area contributed by atoms with Gasteiger partial charge in [0, 0.05) is 18.3 Å². The van der Waals surface area contributed by atoms with Crippen LogP contribution in [0.25, 0.3) is 0 Å². The van der Waals surface area contributed by atoms with Crippen LogP contribution in [0.5, 0.6) is 0 Å². The van der Waals surface area contributed by atoms with Gasteiger partial charge in [0.25, 0.3) is 0 Å². The molecule has 1 aromatic heterocycles. The zero-order valence-electron chi connectivity index (χ0n) is 10.6. The van der Waals surface area contributed by atoms with E-state index in [1.807, 2.05) is 11.0 Å². The van der Waals surface area contributed by atoms with E-state index < -0.39 is 0 Å². The maximum absolute atomic E-state index is 12.7. The summed E-state index contributed by atoms with van der Waals surface area (Å²) >= 11 is 0. The van der Waals surface area contributed by atoms with Gasteiger partial charge >= 0.3 is 0 Å². The molecule has 1 atom stereocenters. The molecule has 1 N–H and O–H groups in total. The number of aryl methyl sites for hydroxylation is 1. The fourth-order valence-corrected chi connectivity index (χ4v) is 2.84. The zero-order chi connectivity index (χ0) is 12.5. The summed E-state index contributed by atoms with van der Waals surface area (Å²) in [5.74, 6) is 0.200. The number of hydrogen-bond acceptors (Lipinski definition) is 2. The van der Waals surface area contributed by atoms with Crippen molar-refractivity contribution in [3.8, 4) is 0 Å². The minimum atomic E-state index is -0.0412. The van der Waals surface area contributed by atoms with Gasteiger partial charge < -0.3 is 9.88 Å². The minimum Gasteiger partial charge on any atom is -0.348 e. The van der Waals surface area contributed by atoms with Crippen molar-refractivity contribution in [1.29, 1.82) is 0 Å². The predicted molar refractivity (Wildman–Crippen MR) is 69.2 cm³/mol. The number of H-pyrrole nitrogens is 1. The third kappa shape index (κ3) is 1.96. The van der Waals surface area contributed by atoms with Gasteiger partial charge in [-0.15, -0.1) is 6.58 Å². The Balaban J connectivity index is 1.82. The predicted octanol–water partition coefficient (Wildman–Crippen LogP) is 2.01. The highest BCUT2D eigenvalue weighted by atomic mass is 16.2. The average Bonchev–Trinajstić information content (AvgIpc) is 3.11. The molecule has 1 heterocycles. The molecule has 18 heavy (non-hydrogen) atoms. The highest BCUT2D eigenvalue weighted by Crippen LogP contribution is 2.34. The quantitative estimate of drug-likeness (QED) is 0.825. The third-order valence-electron chi connectivity index (χ3n) is 3.90. The first-order valence-corrected chi connectivity index (χ1v) is 6.74. The van der Waals surface area contributed by atoms with Gasteiger partial charge in [0.1, 0.15) is 0 Å². The number of nitrogens with zero attached hydrogens (tertiary/aromatic N) is 2. The molecule has 1 aromatic rings. The molecule has 2 aliphatic carbocycles. The first kappa shape index (κ1) is 11.5. The summed E-state index contributed by atoms with van der Waals surface area (Å²) in [4.78, 5) is 22.2. The van der Waals surface area contributed by atoms with Crippen molar-refractivity contribution in [2.45, 2.75) is 44.1 Å². The molecule has 3 rings (SSSR count). The number of rotatable bonds is 4. The van der Waals surface area contributed by atoms with Crippen LogP contribution in [-0.4, -0.2) is 33.4 Å². The van der Waals surface area contributed by atoms with Gasteiger partial charge in [0.2, 0.25) is 5.91 Å². The SMILES string of the molecule is C=CCN(C(=O)C1CCCc2[nH]cnc21)C1CC1. The summed E-state index contributed by atoms with van der Waals surface area (Å²) in [5.41, 5.74) is 2.12. The molecule has 1 amide bonds. The number of imidazole rings is 1. The van der Waals surface area contributed by atoms with Gasteiger partial charge in [-0.1, -0.05) is 6.08 Å². The van der Waals surface area contributed by atoms with E-state index >= 15 is 0 Å². The minimum absolute atomic E-state index is 0.0412. The Kier molecular flexibility index (Phi) is 2.94. The largest absolute Gasteiger partial charge is 0.348 e. The summed E-state index contributed by atoms with van der Waals surface area (Å²) < 4.78 is 0. The molecule has 1 fully saturated rings. The molecule has 0 bridgehead atoms. The lowest BCUT2D eigenvalue weighted by Gasteiger charge is -2.28. The molecule has 96 valence electrons. The van der Waals surface area contributed by atoms with Crippen LogP contribution in [0.4, 0.5) is 0 Å². The van der Waals surface area contributed by atoms with Crippen molar-refractivity contribution in [2.75, 3.05) is 6.54 Å². The smallest absolute Gasteiger partial charge is 0.232 e. The van der Waals surface area contributed by atoms with Crippen LogP contribution >= 0.6 is 0 Å². The summed E-state index contributed by atoms with van der Waals surface area (Å²) in [6.07, 6.45) is 8.83. The number of hydrogen-bond donors (Lipinski definition) is 1. The fraction of sp³-hybridized carbons (Fsp3) is 0.571. The van der Waals surface area contributed by atoms with Crippen molar-refractivity contribution < 1.29 is 4.79 Å². The number of aromatic nitrogens is 2. The van der Waals surface area contributed by atoms with Gasteiger partial charge in [-0.05, 0) is 32.1 Å². The second-order valence-corrected chi connectivity index (χ2v) is 5.22. The fourth-order valence-electron chi connectivity index (χ4n) is 2.84. The molecule has 4 heteroatoms. The van der Waals surface area contributed by atoms with Crippen LogP contribution < -0.4 is 0 Å². The molecular formula is C14H19N3O. The third-order valence-corrected chi connectivity index (χ3v) is 3.90. The van der Waals surface area contributed by atoms with E-state index in [-0.39, 0.29) is 11.8 Å². The molecule has 4 nitrogen and oxygen atoms in total. The van der Waals surface area contributed by atoms with Crippen molar-refractivity contribution in [3.05, 3.63) is 30.4 Å². The van der Waals surface area contributed by atoms with Crippen LogP contribution in [0.1, 0.15) is 43.0 Å². The molecule has 2 aliphatic rings. The molecule has 0 aliphatic heterocycles. The lowest BCUT2D eigenvalue weighted by molar-refractivity contribution is -0.133. The summed E-state index contributed by atoms with van der Waals surface area (Å²) in [7, 11) is 0. The van der Waals surface area contributed by atoms with Gasteiger partial charge in [0.05, 0.1) is 17.9 Å².